The molecule has 4 aromatic rings. The van der Waals surface area contributed by atoms with Crippen molar-refractivity contribution in [3.63, 3.8) is 0 Å². The molecule has 4 aromatic carbocycles. The molecule has 2 nitrogen and oxygen atoms in total. The normalized spacial score (nSPS) is 13.8. The summed E-state index contributed by atoms with van der Waals surface area (Å²) >= 11 is 2.51. The second-order valence-corrected chi connectivity index (χ2v) is 9.38. The summed E-state index contributed by atoms with van der Waals surface area (Å²) in [4.78, 5) is 4.98. The van der Waals surface area contributed by atoms with Crippen LogP contribution in [0.2, 0.25) is 0 Å². The summed E-state index contributed by atoms with van der Waals surface area (Å²) in [5.41, 5.74) is 7.61. The molecule has 1 aliphatic rings. The zero-order valence-corrected chi connectivity index (χ0v) is 20.5. The fraction of sp³-hybridized carbons (Fsp3) is 0.0741. The van der Waals surface area contributed by atoms with Gasteiger partial charge in [-0.2, -0.15) is 0 Å². The van der Waals surface area contributed by atoms with Gasteiger partial charge >= 0.3 is 203 Å². The zero-order valence-electron chi connectivity index (χ0n) is 18.3. The Morgan fingerprint density at radius 3 is 1.19 bits per heavy atom. The summed E-state index contributed by atoms with van der Waals surface area (Å²) in [6, 6.07) is 39.5. The van der Waals surface area contributed by atoms with Gasteiger partial charge in [0.1, 0.15) is 0 Å². The third-order valence-electron chi connectivity index (χ3n) is 6.13. The van der Waals surface area contributed by atoms with Gasteiger partial charge in [0.05, 0.1) is 0 Å². The van der Waals surface area contributed by atoms with E-state index in [2.05, 4.69) is 152 Å². The average molecular weight is 593 g/mol. The van der Waals surface area contributed by atoms with E-state index in [1.54, 1.807) is 0 Å². The molecule has 1 aliphatic heterocycles. The maximum atomic E-state index is 2.51. The van der Waals surface area contributed by atoms with Gasteiger partial charge in [0.2, 0.25) is 0 Å². The Hall–Kier alpha value is -2.83. The molecule has 5 heteroatoms. The fourth-order valence-corrected chi connectivity index (χ4v) is 5.72. The van der Waals surface area contributed by atoms with Crippen molar-refractivity contribution < 1.29 is 19.4 Å². The van der Waals surface area contributed by atoms with Gasteiger partial charge in [-0.3, -0.25) is 0 Å². The molecule has 0 amide bonds. The molecule has 1 heterocycles. The third-order valence-corrected chi connectivity index (χ3v) is 7.22. The molecule has 0 bridgehead atoms. The van der Waals surface area contributed by atoms with E-state index >= 15 is 0 Å². The summed E-state index contributed by atoms with van der Waals surface area (Å²) < 4.78 is 1.21. The van der Waals surface area contributed by atoms with Crippen molar-refractivity contribution in [1.29, 1.82) is 0 Å². The summed E-state index contributed by atoms with van der Waals surface area (Å²) in [6.45, 7) is 4.59. The number of hydrogen-bond acceptors (Lipinski definition) is 2. The van der Waals surface area contributed by atoms with Crippen molar-refractivity contribution in [1.82, 2.24) is 0 Å². The van der Waals surface area contributed by atoms with Gasteiger partial charge in [-0.1, -0.05) is 0 Å². The van der Waals surface area contributed by atoms with Crippen molar-refractivity contribution in [3.8, 4) is 0 Å². The second kappa shape index (κ2) is 8.96. The number of hydrogen-bond donors (Lipinski definition) is 0. The van der Waals surface area contributed by atoms with Crippen LogP contribution in [0.25, 0.3) is 0 Å². The first kappa shape index (κ1) is 21.0. The Morgan fingerprint density at radius 2 is 0.844 bits per heavy atom. The van der Waals surface area contributed by atoms with Crippen molar-refractivity contribution in [2.75, 3.05) is 9.62 Å². The Kier molecular flexibility index (Phi) is 5.89. The van der Waals surface area contributed by atoms with Gasteiger partial charge in [-0.25, -0.2) is 0 Å². The molecule has 1 fully saturated rings. The van der Waals surface area contributed by atoms with Crippen LogP contribution in [0, 0.1) is 13.8 Å². The molecule has 0 saturated carbocycles. The third kappa shape index (κ3) is 3.89. The number of nitrogens with zero attached hydrogens (tertiary/aromatic N) is 2. The van der Waals surface area contributed by atoms with Crippen molar-refractivity contribution in [2.24, 2.45) is 0 Å². The predicted molar refractivity (Wildman–Crippen MR) is 136 cm³/mol. The molecule has 0 aliphatic carbocycles. The van der Waals surface area contributed by atoms with Crippen LogP contribution in [-0.2, 0) is 19.4 Å². The zero-order chi connectivity index (χ0) is 22.1. The summed E-state index contributed by atoms with van der Waals surface area (Å²) in [5, 5.41) is 0. The average Bonchev–Trinajstić information content (AvgIpc) is 3.14. The Balaban J connectivity index is 1.74. The van der Waals surface area contributed by atoms with Crippen LogP contribution in [0.15, 0.2) is 109 Å². The van der Waals surface area contributed by atoms with Crippen molar-refractivity contribution in [3.05, 3.63) is 120 Å². The molecule has 0 aromatic heterocycles. The Bertz CT molecular complexity index is 1120. The molecule has 0 N–H and O–H groups in total. The van der Waals surface area contributed by atoms with E-state index in [0.29, 0.717) is 0 Å². The number of benzene rings is 4. The van der Waals surface area contributed by atoms with Crippen LogP contribution < -0.4 is 20.5 Å². The van der Waals surface area contributed by atoms with E-state index in [1.165, 1.54) is 37.6 Å². The summed E-state index contributed by atoms with van der Waals surface area (Å²) in [7, 11) is 0. The van der Waals surface area contributed by atoms with E-state index < -0.39 is 0 Å². The second-order valence-electron chi connectivity index (χ2n) is 8.36. The van der Waals surface area contributed by atoms with Crippen LogP contribution in [0.1, 0.15) is 11.1 Å². The fourth-order valence-electron chi connectivity index (χ4n) is 4.50. The molecule has 0 spiro atoms. The molecule has 0 radical (unpaired) electrons. The molecule has 5 rings (SSSR count). The summed E-state index contributed by atoms with van der Waals surface area (Å²) in [5.74, 6) is 0. The first-order valence-electron chi connectivity index (χ1n) is 10.9. The first-order chi connectivity index (χ1) is 15.6. The van der Waals surface area contributed by atoms with Crippen LogP contribution in [0.3, 0.4) is 0 Å². The van der Waals surface area contributed by atoms with Gasteiger partial charge in [0.15, 0.2) is 0 Å². The van der Waals surface area contributed by atoms with Gasteiger partial charge in [-0.15, -0.1) is 0 Å². The van der Waals surface area contributed by atoms with Gasteiger partial charge < -0.3 is 0 Å². The molecule has 0 atom stereocenters. The van der Waals surface area contributed by atoms with Crippen molar-refractivity contribution in [2.45, 2.75) is 13.8 Å². The minimum absolute atomic E-state index is 0.147. The minimum atomic E-state index is 0.147. The van der Waals surface area contributed by atoms with Gasteiger partial charge in [-0.05, 0) is 0 Å². The van der Waals surface area contributed by atoms with E-state index in [1.807, 2.05) is 0 Å². The number of para-hydroxylation sites is 2. The SMILES string of the molecule is Cc1ccc(B2B(c3ccc(C)cc3)N(c3ccccc3)[C](=[Pt])N2c2ccccc2)cc1. The standard InChI is InChI=1S/C27H24B2N2.Pt/c1-22-13-17-24(18-14-22)28-29(25-19-15-23(2)16-20-25)31(27-11-7-4-8-12-27)21-30(28)26-9-5-3-6-10-26;/h3-20H,1-2H3;. The van der Waals surface area contributed by atoms with Crippen LogP contribution in [0.4, 0.5) is 11.4 Å². The molecular formula is C27H24B2N2Pt. The molecular weight excluding hydrogens is 569 g/mol. The molecule has 158 valence electrons. The molecule has 1 saturated heterocycles. The van der Waals surface area contributed by atoms with Crippen LogP contribution in [-0.4, -0.2) is 17.6 Å². The van der Waals surface area contributed by atoms with E-state index in [0.717, 1.165) is 0 Å². The summed E-state index contributed by atoms with van der Waals surface area (Å²) in [6.07, 6.45) is 0. The molecule has 32 heavy (non-hydrogen) atoms. The van der Waals surface area contributed by atoms with Gasteiger partial charge in [0, 0.05) is 0 Å². The Labute approximate surface area is 202 Å². The van der Waals surface area contributed by atoms with E-state index in [4.69, 9.17) is 0 Å². The topological polar surface area (TPSA) is 6.48 Å². The molecule has 0 unspecified atom stereocenters. The number of aryl methyl sites for hydroxylation is 2. The predicted octanol–water partition coefficient (Wildman–Crippen LogP) is 4.14. The quantitative estimate of drug-likeness (QED) is 0.329. The van der Waals surface area contributed by atoms with E-state index in [-0.39, 0.29) is 13.5 Å². The van der Waals surface area contributed by atoms with Gasteiger partial charge in [0.25, 0.3) is 0 Å². The number of anilines is 2. The van der Waals surface area contributed by atoms with Crippen LogP contribution in [0.5, 0.6) is 0 Å². The maximum absolute atomic E-state index is 2.51. The monoisotopic (exact) mass is 593 g/mol. The van der Waals surface area contributed by atoms with Crippen LogP contribution >= 0.6 is 0 Å². The van der Waals surface area contributed by atoms with Crippen molar-refractivity contribution >= 4 is 39.9 Å². The Morgan fingerprint density at radius 1 is 0.500 bits per heavy atom. The van der Waals surface area contributed by atoms with E-state index in [9.17, 15) is 0 Å². The number of rotatable bonds is 4. The first-order valence-corrected chi connectivity index (χ1v) is 12.1.